The zero-order valence-electron chi connectivity index (χ0n) is 21.0. The van der Waals surface area contributed by atoms with Gasteiger partial charge >= 0.3 is 5.69 Å². The fourth-order valence-electron chi connectivity index (χ4n) is 3.91. The van der Waals surface area contributed by atoms with E-state index in [9.17, 15) is 30.3 Å². The number of rotatable bonds is 9. The SMILES string of the molecule is Cc1cc(C(C#N)c2ccc(Cl)cc2)c(Cl)cc1Nc1ncnc(NNC(=O)c2ccccc2[N+](=O)[O-])c1[N+](=O)[O-]. The van der Waals surface area contributed by atoms with Gasteiger partial charge in [-0.3, -0.25) is 35.9 Å². The van der Waals surface area contributed by atoms with Gasteiger partial charge in [0.15, 0.2) is 0 Å². The van der Waals surface area contributed by atoms with Gasteiger partial charge in [-0.05, 0) is 47.9 Å². The molecule has 0 saturated carbocycles. The van der Waals surface area contributed by atoms with Crippen LogP contribution in [0.1, 0.15) is 33.0 Å². The number of nitriles is 1. The van der Waals surface area contributed by atoms with E-state index in [0.29, 0.717) is 27.4 Å². The third kappa shape index (κ3) is 6.30. The molecule has 41 heavy (non-hydrogen) atoms. The first-order valence-corrected chi connectivity index (χ1v) is 12.4. The summed E-state index contributed by atoms with van der Waals surface area (Å²) >= 11 is 12.5. The summed E-state index contributed by atoms with van der Waals surface area (Å²) in [6.07, 6.45) is 1.02. The van der Waals surface area contributed by atoms with Crippen LogP contribution in [0.3, 0.4) is 0 Å². The third-order valence-corrected chi connectivity index (χ3v) is 6.46. The number of benzene rings is 3. The van der Waals surface area contributed by atoms with Crippen molar-refractivity contribution in [1.29, 1.82) is 5.26 Å². The fraction of sp³-hybridized carbons (Fsp3) is 0.0769. The summed E-state index contributed by atoms with van der Waals surface area (Å²) in [4.78, 5) is 42.1. The Hall–Kier alpha value is -5.32. The van der Waals surface area contributed by atoms with Crippen LogP contribution in [0, 0.1) is 38.5 Å². The van der Waals surface area contributed by atoms with Crippen molar-refractivity contribution in [3.05, 3.63) is 120 Å². The molecule has 15 heteroatoms. The lowest BCUT2D eigenvalue weighted by Gasteiger charge is -2.17. The highest BCUT2D eigenvalue weighted by Gasteiger charge is 2.26. The molecule has 0 bridgehead atoms. The van der Waals surface area contributed by atoms with Crippen molar-refractivity contribution in [2.24, 2.45) is 0 Å². The molecule has 0 aliphatic heterocycles. The largest absolute Gasteiger partial charge is 0.355 e. The van der Waals surface area contributed by atoms with Gasteiger partial charge in [0.2, 0.25) is 11.6 Å². The molecular weight excluding hydrogens is 575 g/mol. The molecule has 4 rings (SSSR count). The van der Waals surface area contributed by atoms with E-state index in [4.69, 9.17) is 23.2 Å². The molecule has 0 aliphatic carbocycles. The normalized spacial score (nSPS) is 11.2. The Balaban J connectivity index is 1.61. The number of amides is 1. The minimum atomic E-state index is -0.911. The number of hydrogen-bond donors (Lipinski definition) is 3. The van der Waals surface area contributed by atoms with E-state index in [2.05, 4.69) is 32.2 Å². The molecule has 1 unspecified atom stereocenters. The number of halogens is 2. The number of carbonyl (C=O) groups excluding carboxylic acids is 1. The van der Waals surface area contributed by atoms with Gasteiger partial charge in [0, 0.05) is 21.8 Å². The van der Waals surface area contributed by atoms with Crippen LogP contribution in [-0.2, 0) is 0 Å². The smallest absolute Gasteiger partial charge is 0.334 e. The average molecular weight is 593 g/mol. The number of aryl methyl sites for hydroxylation is 1. The first-order valence-electron chi connectivity index (χ1n) is 11.6. The van der Waals surface area contributed by atoms with Crippen molar-refractivity contribution in [3.8, 4) is 6.07 Å². The molecule has 1 amide bonds. The maximum atomic E-state index is 12.6. The zero-order valence-corrected chi connectivity index (χ0v) is 22.5. The Morgan fingerprint density at radius 3 is 2.34 bits per heavy atom. The Kier molecular flexibility index (Phi) is 8.57. The maximum Gasteiger partial charge on any atom is 0.355 e. The second-order valence-corrected chi connectivity index (χ2v) is 9.30. The Morgan fingerprint density at radius 2 is 1.68 bits per heavy atom. The minimum absolute atomic E-state index is 0.228. The number of nitrogens with zero attached hydrogens (tertiary/aromatic N) is 5. The van der Waals surface area contributed by atoms with Gasteiger partial charge < -0.3 is 5.32 Å². The molecule has 0 fully saturated rings. The van der Waals surface area contributed by atoms with Crippen LogP contribution >= 0.6 is 23.2 Å². The molecule has 13 nitrogen and oxygen atoms in total. The number of nitro groups is 2. The first-order chi connectivity index (χ1) is 19.6. The quantitative estimate of drug-likeness (QED) is 0.152. The maximum absolute atomic E-state index is 12.6. The summed E-state index contributed by atoms with van der Waals surface area (Å²) in [5, 5.41) is 36.7. The highest BCUT2D eigenvalue weighted by atomic mass is 35.5. The van der Waals surface area contributed by atoms with Crippen LogP contribution in [0.4, 0.5) is 28.7 Å². The second kappa shape index (κ2) is 12.2. The molecule has 4 aromatic rings. The lowest BCUT2D eigenvalue weighted by Crippen LogP contribution is -2.30. The number of nitrogens with one attached hydrogen (secondary N) is 3. The molecule has 1 heterocycles. The molecule has 3 aromatic carbocycles. The van der Waals surface area contributed by atoms with E-state index < -0.39 is 33.0 Å². The molecule has 0 aliphatic rings. The van der Waals surface area contributed by atoms with E-state index in [1.807, 2.05) is 0 Å². The summed E-state index contributed by atoms with van der Waals surface area (Å²) in [6.45, 7) is 1.72. The topological polar surface area (TPSA) is 189 Å². The highest BCUT2D eigenvalue weighted by Crippen LogP contribution is 2.37. The van der Waals surface area contributed by atoms with E-state index in [1.165, 1.54) is 24.3 Å². The fourth-order valence-corrected chi connectivity index (χ4v) is 4.31. The van der Waals surface area contributed by atoms with Crippen molar-refractivity contribution < 1.29 is 14.6 Å². The van der Waals surface area contributed by atoms with Crippen molar-refractivity contribution in [2.45, 2.75) is 12.8 Å². The van der Waals surface area contributed by atoms with Gasteiger partial charge in [-0.1, -0.05) is 53.5 Å². The lowest BCUT2D eigenvalue weighted by molar-refractivity contribution is -0.385. The van der Waals surface area contributed by atoms with Gasteiger partial charge in [-0.15, -0.1) is 0 Å². The Labute approximate surface area is 242 Å². The van der Waals surface area contributed by atoms with Crippen LogP contribution in [0.2, 0.25) is 10.0 Å². The number of hydrogen-bond acceptors (Lipinski definition) is 10. The van der Waals surface area contributed by atoms with Crippen LogP contribution in [0.5, 0.6) is 0 Å². The van der Waals surface area contributed by atoms with Crippen molar-refractivity contribution in [2.75, 3.05) is 10.7 Å². The third-order valence-electron chi connectivity index (χ3n) is 5.88. The number of anilines is 3. The predicted molar refractivity (Wildman–Crippen MR) is 151 cm³/mol. The summed E-state index contributed by atoms with van der Waals surface area (Å²) < 4.78 is 0. The van der Waals surface area contributed by atoms with Crippen LogP contribution in [-0.4, -0.2) is 25.7 Å². The molecule has 3 N–H and O–H groups in total. The van der Waals surface area contributed by atoms with Gasteiger partial charge in [0.05, 0.1) is 21.8 Å². The predicted octanol–water partition coefficient (Wildman–Crippen LogP) is 6.06. The Bertz CT molecular complexity index is 1710. The Morgan fingerprint density at radius 1 is 1.00 bits per heavy atom. The number of nitro benzene ring substituents is 1. The van der Waals surface area contributed by atoms with Gasteiger partial charge in [0.1, 0.15) is 11.9 Å². The van der Waals surface area contributed by atoms with Gasteiger partial charge in [0.25, 0.3) is 11.6 Å². The van der Waals surface area contributed by atoms with Crippen molar-refractivity contribution >= 4 is 57.8 Å². The highest BCUT2D eigenvalue weighted by molar-refractivity contribution is 6.32. The molecule has 1 aromatic heterocycles. The van der Waals surface area contributed by atoms with Gasteiger partial charge in [-0.25, -0.2) is 9.97 Å². The monoisotopic (exact) mass is 592 g/mol. The average Bonchev–Trinajstić information content (AvgIpc) is 2.95. The standard InChI is InChI=1S/C26H18Cl2N8O5/c1-14-10-18(19(12-29)15-6-8-16(27)9-7-15)20(28)11-21(14)32-24-23(36(40)41)25(31-13-30-24)33-34-26(37)17-4-2-3-5-22(17)35(38)39/h2-11,13,19H,1H3,(H,34,37)(H2,30,31,32,33). The summed E-state index contributed by atoms with van der Waals surface area (Å²) in [6, 6.07) is 17.4. The summed E-state index contributed by atoms with van der Waals surface area (Å²) in [5.74, 6) is -2.22. The minimum Gasteiger partial charge on any atom is -0.334 e. The lowest BCUT2D eigenvalue weighted by atomic mass is 9.91. The van der Waals surface area contributed by atoms with Crippen LogP contribution in [0.25, 0.3) is 0 Å². The summed E-state index contributed by atoms with van der Waals surface area (Å²) in [5.41, 5.74) is 5.37. The first kappa shape index (κ1) is 28.7. The molecular formula is C26H18Cl2N8O5. The van der Waals surface area contributed by atoms with Gasteiger partial charge in [-0.2, -0.15) is 5.26 Å². The molecule has 0 radical (unpaired) electrons. The van der Waals surface area contributed by atoms with Crippen molar-refractivity contribution in [3.63, 3.8) is 0 Å². The number of aromatic nitrogens is 2. The molecule has 0 saturated heterocycles. The molecule has 206 valence electrons. The summed E-state index contributed by atoms with van der Waals surface area (Å²) in [7, 11) is 0. The van der Waals surface area contributed by atoms with E-state index in [-0.39, 0.29) is 22.2 Å². The van der Waals surface area contributed by atoms with E-state index in [1.54, 1.807) is 37.3 Å². The van der Waals surface area contributed by atoms with E-state index in [0.717, 1.165) is 12.4 Å². The van der Waals surface area contributed by atoms with Crippen molar-refractivity contribution in [1.82, 2.24) is 15.4 Å². The zero-order chi connectivity index (χ0) is 29.7. The van der Waals surface area contributed by atoms with E-state index >= 15 is 0 Å². The number of hydrazine groups is 1. The van der Waals surface area contributed by atoms with Crippen LogP contribution in [0.15, 0.2) is 67.0 Å². The molecule has 0 spiro atoms. The molecule has 1 atom stereocenters. The second-order valence-electron chi connectivity index (χ2n) is 8.46. The number of carbonyl (C=O) groups is 1. The number of para-hydroxylation sites is 1. The van der Waals surface area contributed by atoms with Crippen LogP contribution < -0.4 is 16.2 Å².